The molecular formula is C21H24N4O2. The van der Waals surface area contributed by atoms with Crippen molar-refractivity contribution in [1.29, 1.82) is 0 Å². The Morgan fingerprint density at radius 1 is 1.19 bits per heavy atom. The molecule has 0 spiro atoms. The second-order valence-electron chi connectivity index (χ2n) is 6.35. The predicted octanol–water partition coefficient (Wildman–Crippen LogP) is 3.14. The van der Waals surface area contributed by atoms with Gasteiger partial charge in [-0.3, -0.25) is 4.79 Å². The van der Waals surface area contributed by atoms with Crippen molar-refractivity contribution in [1.82, 2.24) is 15.1 Å². The van der Waals surface area contributed by atoms with Crippen LogP contribution in [0.5, 0.6) is 5.75 Å². The van der Waals surface area contributed by atoms with E-state index in [1.165, 1.54) is 0 Å². The summed E-state index contributed by atoms with van der Waals surface area (Å²) in [5, 5.41) is 7.27. The molecule has 1 N–H and O–H groups in total. The number of benzene rings is 2. The highest BCUT2D eigenvalue weighted by molar-refractivity contribution is 5.93. The smallest absolute Gasteiger partial charge is 0.254 e. The molecule has 0 fully saturated rings. The number of carbonyl (C=O) groups is 1. The zero-order valence-electron chi connectivity index (χ0n) is 15.8. The molecular weight excluding hydrogens is 340 g/mol. The molecule has 2 aromatic carbocycles. The zero-order chi connectivity index (χ0) is 19.2. The van der Waals surface area contributed by atoms with Crippen LogP contribution >= 0.6 is 0 Å². The molecule has 140 valence electrons. The lowest BCUT2D eigenvalue weighted by molar-refractivity contribution is 0.0951. The van der Waals surface area contributed by atoms with Crippen LogP contribution in [0.15, 0.2) is 67.0 Å². The summed E-state index contributed by atoms with van der Waals surface area (Å²) in [4.78, 5) is 14.6. The maximum absolute atomic E-state index is 12.5. The van der Waals surface area contributed by atoms with Crippen LogP contribution in [0.2, 0.25) is 0 Å². The Hall–Kier alpha value is -3.28. The number of hydrogen-bond acceptors (Lipinski definition) is 4. The van der Waals surface area contributed by atoms with Gasteiger partial charge in [0.2, 0.25) is 0 Å². The van der Waals surface area contributed by atoms with Gasteiger partial charge in [-0.15, -0.1) is 0 Å². The van der Waals surface area contributed by atoms with E-state index in [2.05, 4.69) is 34.4 Å². The van der Waals surface area contributed by atoms with Crippen molar-refractivity contribution in [3.8, 4) is 11.4 Å². The van der Waals surface area contributed by atoms with E-state index in [4.69, 9.17) is 4.74 Å². The van der Waals surface area contributed by atoms with Crippen LogP contribution in [0.4, 0.5) is 5.69 Å². The number of hydrogen-bond donors (Lipinski definition) is 1. The van der Waals surface area contributed by atoms with Crippen LogP contribution in [0.3, 0.4) is 0 Å². The van der Waals surface area contributed by atoms with Crippen LogP contribution < -0.4 is 15.0 Å². The molecule has 3 aromatic rings. The van der Waals surface area contributed by atoms with Crippen LogP contribution in [-0.2, 0) is 0 Å². The summed E-state index contributed by atoms with van der Waals surface area (Å²) in [5.74, 6) is 0.551. The third-order valence-corrected chi connectivity index (χ3v) is 4.56. The van der Waals surface area contributed by atoms with Crippen LogP contribution in [-0.4, -0.2) is 42.4 Å². The Morgan fingerprint density at radius 2 is 1.89 bits per heavy atom. The largest absolute Gasteiger partial charge is 0.494 e. The van der Waals surface area contributed by atoms with E-state index >= 15 is 0 Å². The van der Waals surface area contributed by atoms with Crippen LogP contribution in [0.1, 0.15) is 17.3 Å². The van der Waals surface area contributed by atoms with E-state index in [0.717, 1.165) is 11.4 Å². The molecule has 0 bridgehead atoms. The number of amides is 1. The van der Waals surface area contributed by atoms with Gasteiger partial charge in [-0.2, -0.15) is 5.10 Å². The summed E-state index contributed by atoms with van der Waals surface area (Å²) < 4.78 is 7.00. The standard InChI is InChI=1S/C21H24N4O2/c1-16(24(2)18-9-5-4-6-10-18)13-22-21(26)17-14-23-25(15-17)19-11-7-8-12-20(19)27-3/h4-12,14-16H,13H2,1-3H3,(H,22,26). The maximum Gasteiger partial charge on any atom is 0.254 e. The number of rotatable bonds is 7. The molecule has 3 rings (SSSR count). The van der Waals surface area contributed by atoms with E-state index in [1.807, 2.05) is 49.5 Å². The van der Waals surface area contributed by atoms with Crippen molar-refractivity contribution >= 4 is 11.6 Å². The number of anilines is 1. The number of nitrogens with one attached hydrogen (secondary N) is 1. The molecule has 1 aromatic heterocycles. The molecule has 1 atom stereocenters. The second kappa shape index (κ2) is 8.40. The summed E-state index contributed by atoms with van der Waals surface area (Å²) >= 11 is 0. The number of methoxy groups -OCH3 is 1. The highest BCUT2D eigenvalue weighted by atomic mass is 16.5. The Bertz CT molecular complexity index is 892. The molecule has 0 aliphatic rings. The molecule has 0 aliphatic heterocycles. The predicted molar refractivity (Wildman–Crippen MR) is 107 cm³/mol. The van der Waals surface area contributed by atoms with Gasteiger partial charge in [-0.1, -0.05) is 30.3 Å². The van der Waals surface area contributed by atoms with Crippen molar-refractivity contribution in [3.05, 3.63) is 72.6 Å². The van der Waals surface area contributed by atoms with Gasteiger partial charge in [0.1, 0.15) is 11.4 Å². The zero-order valence-corrected chi connectivity index (χ0v) is 15.8. The molecule has 0 aliphatic carbocycles. The normalized spacial score (nSPS) is 11.7. The van der Waals surface area contributed by atoms with Crippen LogP contribution in [0.25, 0.3) is 5.69 Å². The highest BCUT2D eigenvalue weighted by Gasteiger charge is 2.14. The van der Waals surface area contributed by atoms with Gasteiger partial charge in [-0.05, 0) is 31.2 Å². The minimum Gasteiger partial charge on any atom is -0.494 e. The lowest BCUT2D eigenvalue weighted by Gasteiger charge is -2.27. The van der Waals surface area contributed by atoms with Gasteiger partial charge in [0, 0.05) is 31.5 Å². The number of aromatic nitrogens is 2. The molecule has 1 amide bonds. The van der Waals surface area contributed by atoms with Crippen LogP contribution in [0, 0.1) is 0 Å². The summed E-state index contributed by atoms with van der Waals surface area (Å²) in [7, 11) is 3.63. The third kappa shape index (κ3) is 4.28. The first kappa shape index (κ1) is 18.5. The topological polar surface area (TPSA) is 59.4 Å². The van der Waals surface area contributed by atoms with Crippen molar-refractivity contribution in [2.24, 2.45) is 0 Å². The van der Waals surface area contributed by atoms with Gasteiger partial charge in [0.25, 0.3) is 5.91 Å². The molecule has 0 radical (unpaired) electrons. The average molecular weight is 364 g/mol. The SMILES string of the molecule is COc1ccccc1-n1cc(C(=O)NCC(C)N(C)c2ccccc2)cn1. The number of likely N-dealkylation sites (N-methyl/N-ethyl adjacent to an activating group) is 1. The fraction of sp³-hybridized carbons (Fsp3) is 0.238. The Morgan fingerprint density at radius 3 is 2.63 bits per heavy atom. The average Bonchev–Trinajstić information content (AvgIpc) is 3.22. The van der Waals surface area contributed by atoms with Crippen molar-refractivity contribution in [3.63, 3.8) is 0 Å². The molecule has 27 heavy (non-hydrogen) atoms. The van der Waals surface area contributed by atoms with Crippen molar-refractivity contribution in [2.75, 3.05) is 25.6 Å². The Kier molecular flexibility index (Phi) is 5.76. The van der Waals surface area contributed by atoms with Gasteiger partial charge in [-0.25, -0.2) is 4.68 Å². The Balaban J connectivity index is 1.63. The number of nitrogens with zero attached hydrogens (tertiary/aromatic N) is 3. The third-order valence-electron chi connectivity index (χ3n) is 4.56. The number of carbonyl (C=O) groups excluding carboxylic acids is 1. The van der Waals surface area contributed by atoms with E-state index in [1.54, 1.807) is 24.2 Å². The minimum atomic E-state index is -0.149. The van der Waals surface area contributed by atoms with Gasteiger partial charge < -0.3 is 15.0 Å². The van der Waals surface area contributed by atoms with E-state index in [-0.39, 0.29) is 11.9 Å². The fourth-order valence-electron chi connectivity index (χ4n) is 2.79. The number of ether oxygens (including phenoxy) is 1. The maximum atomic E-state index is 12.5. The van der Waals surface area contributed by atoms with Gasteiger partial charge in [0.15, 0.2) is 0 Å². The first-order valence-electron chi connectivity index (χ1n) is 8.84. The lowest BCUT2D eigenvalue weighted by Crippen LogP contribution is -2.40. The summed E-state index contributed by atoms with van der Waals surface area (Å²) in [6.45, 7) is 2.61. The quantitative estimate of drug-likeness (QED) is 0.700. The summed E-state index contributed by atoms with van der Waals surface area (Å²) in [5.41, 5.74) is 2.41. The van der Waals surface area contributed by atoms with E-state index in [0.29, 0.717) is 17.9 Å². The van der Waals surface area contributed by atoms with Gasteiger partial charge >= 0.3 is 0 Å². The molecule has 1 heterocycles. The molecule has 0 saturated heterocycles. The minimum absolute atomic E-state index is 0.149. The van der Waals surface area contributed by atoms with E-state index < -0.39 is 0 Å². The number of para-hydroxylation sites is 3. The monoisotopic (exact) mass is 364 g/mol. The first-order chi connectivity index (χ1) is 13.1. The lowest BCUT2D eigenvalue weighted by atomic mass is 10.2. The molecule has 6 heteroatoms. The summed E-state index contributed by atoms with van der Waals surface area (Å²) in [6.07, 6.45) is 3.27. The van der Waals surface area contributed by atoms with Crippen molar-refractivity contribution < 1.29 is 9.53 Å². The summed E-state index contributed by atoms with van der Waals surface area (Å²) in [6, 6.07) is 17.8. The van der Waals surface area contributed by atoms with Gasteiger partial charge in [0.05, 0.1) is 18.9 Å². The first-order valence-corrected chi connectivity index (χ1v) is 8.84. The fourth-order valence-corrected chi connectivity index (χ4v) is 2.79. The van der Waals surface area contributed by atoms with E-state index in [9.17, 15) is 4.79 Å². The molecule has 6 nitrogen and oxygen atoms in total. The Labute approximate surface area is 159 Å². The molecule has 0 saturated carbocycles. The second-order valence-corrected chi connectivity index (χ2v) is 6.35. The van der Waals surface area contributed by atoms with Crippen molar-refractivity contribution in [2.45, 2.75) is 13.0 Å². The molecule has 1 unspecified atom stereocenters. The highest BCUT2D eigenvalue weighted by Crippen LogP contribution is 2.21.